The van der Waals surface area contributed by atoms with Crippen molar-refractivity contribution < 1.29 is 14.4 Å². The topological polar surface area (TPSA) is 79.5 Å². The molecule has 1 fully saturated rings. The molecule has 3 aromatic carbocycles. The molecule has 0 amide bonds. The normalized spacial score (nSPS) is 14.4. The zero-order valence-corrected chi connectivity index (χ0v) is 19.0. The van der Waals surface area contributed by atoms with Gasteiger partial charge in [0.05, 0.1) is 5.92 Å². The Hall–Kier alpha value is -3.81. The molecular formula is C27H21N3O3S. The fourth-order valence-corrected chi connectivity index (χ4v) is 5.19. The van der Waals surface area contributed by atoms with E-state index in [0.29, 0.717) is 24.8 Å². The maximum absolute atomic E-state index is 11.1. The maximum atomic E-state index is 11.1. The van der Waals surface area contributed by atoms with Gasteiger partial charge in [0.2, 0.25) is 5.82 Å². The van der Waals surface area contributed by atoms with Crippen molar-refractivity contribution in [2.45, 2.75) is 6.54 Å². The van der Waals surface area contributed by atoms with Gasteiger partial charge in [-0.05, 0) is 45.5 Å². The van der Waals surface area contributed by atoms with Gasteiger partial charge in [0.1, 0.15) is 0 Å². The molecule has 34 heavy (non-hydrogen) atoms. The highest BCUT2D eigenvalue weighted by molar-refractivity contribution is 7.13. The molecule has 0 bridgehead atoms. The Morgan fingerprint density at radius 1 is 0.971 bits per heavy atom. The van der Waals surface area contributed by atoms with Gasteiger partial charge in [-0.15, -0.1) is 11.3 Å². The molecule has 1 saturated heterocycles. The second-order valence-electron chi connectivity index (χ2n) is 8.52. The number of nitrogens with zero attached hydrogens (tertiary/aromatic N) is 3. The van der Waals surface area contributed by atoms with Crippen molar-refractivity contribution in [2.24, 2.45) is 5.92 Å². The molecule has 168 valence electrons. The van der Waals surface area contributed by atoms with Crippen molar-refractivity contribution in [1.29, 1.82) is 0 Å². The summed E-state index contributed by atoms with van der Waals surface area (Å²) in [5.74, 6) is 0.0596. The molecular weight excluding hydrogens is 446 g/mol. The second-order valence-corrected chi connectivity index (χ2v) is 9.47. The van der Waals surface area contributed by atoms with Crippen LogP contribution in [0.5, 0.6) is 0 Å². The number of hydrogen-bond acceptors (Lipinski definition) is 6. The number of carboxylic acids is 1. The Kier molecular flexibility index (Phi) is 5.20. The van der Waals surface area contributed by atoms with E-state index in [2.05, 4.69) is 56.8 Å². The summed E-state index contributed by atoms with van der Waals surface area (Å²) >= 11 is 1.71. The summed E-state index contributed by atoms with van der Waals surface area (Å²) in [6, 6.07) is 24.6. The van der Waals surface area contributed by atoms with Crippen LogP contribution >= 0.6 is 11.3 Å². The quantitative estimate of drug-likeness (QED) is 0.340. The van der Waals surface area contributed by atoms with Gasteiger partial charge in [0, 0.05) is 35.6 Å². The molecule has 0 atom stereocenters. The number of rotatable bonds is 6. The molecule has 1 aliphatic heterocycles. The second kappa shape index (κ2) is 8.52. The van der Waals surface area contributed by atoms with Crippen LogP contribution in [-0.4, -0.2) is 39.2 Å². The number of benzene rings is 3. The molecule has 1 aliphatic rings. The third-order valence-corrected chi connectivity index (χ3v) is 7.24. The average Bonchev–Trinajstić information content (AvgIpc) is 3.54. The SMILES string of the molecule is O=C(O)C1CN(Cc2ccc(-c3noc(-c4ccc(-c5cccs5)cc4)n3)c3ccccc23)C1. The molecule has 3 heterocycles. The number of hydrogen-bond donors (Lipinski definition) is 1. The molecule has 0 unspecified atom stereocenters. The smallest absolute Gasteiger partial charge is 0.309 e. The first-order valence-corrected chi connectivity index (χ1v) is 12.0. The molecule has 1 N–H and O–H groups in total. The van der Waals surface area contributed by atoms with Crippen LogP contribution in [0, 0.1) is 5.92 Å². The molecule has 0 spiro atoms. The van der Waals surface area contributed by atoms with Crippen molar-refractivity contribution in [3.8, 4) is 33.3 Å². The Balaban J connectivity index is 1.28. The van der Waals surface area contributed by atoms with Crippen LogP contribution in [0.3, 0.4) is 0 Å². The van der Waals surface area contributed by atoms with E-state index in [9.17, 15) is 4.79 Å². The van der Waals surface area contributed by atoms with Crippen LogP contribution in [0.2, 0.25) is 0 Å². The molecule has 0 radical (unpaired) electrons. The molecule has 0 aliphatic carbocycles. The van der Waals surface area contributed by atoms with Gasteiger partial charge in [0.15, 0.2) is 0 Å². The number of likely N-dealkylation sites (tertiary alicyclic amines) is 1. The highest BCUT2D eigenvalue weighted by atomic mass is 32.1. The summed E-state index contributed by atoms with van der Waals surface area (Å²) in [5, 5.41) is 17.7. The highest BCUT2D eigenvalue weighted by Gasteiger charge is 2.32. The Bertz CT molecular complexity index is 1470. The minimum atomic E-state index is -0.717. The van der Waals surface area contributed by atoms with E-state index < -0.39 is 5.97 Å². The lowest BCUT2D eigenvalue weighted by Gasteiger charge is -2.36. The summed E-state index contributed by atoms with van der Waals surface area (Å²) < 4.78 is 5.62. The summed E-state index contributed by atoms with van der Waals surface area (Å²) in [6.45, 7) is 1.90. The Labute approximate surface area is 200 Å². The minimum absolute atomic E-state index is 0.261. The van der Waals surface area contributed by atoms with E-state index in [1.165, 1.54) is 4.88 Å². The standard InChI is InChI=1S/C27H21N3O3S/c31-27(32)20-15-30(16-20)14-19-11-12-23(22-5-2-1-4-21(19)22)25-28-26(33-29-25)18-9-7-17(8-10-18)24-6-3-13-34-24/h1-13,20H,14-16H2,(H,31,32). The van der Waals surface area contributed by atoms with Crippen LogP contribution in [-0.2, 0) is 11.3 Å². The van der Waals surface area contributed by atoms with Crippen molar-refractivity contribution in [2.75, 3.05) is 13.1 Å². The fourth-order valence-electron chi connectivity index (χ4n) is 4.46. The molecule has 0 saturated carbocycles. The molecule has 7 heteroatoms. The van der Waals surface area contributed by atoms with E-state index in [0.717, 1.165) is 39.6 Å². The van der Waals surface area contributed by atoms with Gasteiger partial charge in [0.25, 0.3) is 5.89 Å². The predicted octanol–water partition coefficient (Wildman–Crippen LogP) is 5.80. The van der Waals surface area contributed by atoms with Gasteiger partial charge >= 0.3 is 5.97 Å². The number of carbonyl (C=O) groups is 1. The van der Waals surface area contributed by atoms with E-state index in [-0.39, 0.29) is 5.92 Å². The largest absolute Gasteiger partial charge is 0.481 e. The van der Waals surface area contributed by atoms with E-state index in [1.54, 1.807) is 11.3 Å². The van der Waals surface area contributed by atoms with Gasteiger partial charge in [-0.3, -0.25) is 9.69 Å². The lowest BCUT2D eigenvalue weighted by atomic mass is 9.95. The third-order valence-electron chi connectivity index (χ3n) is 6.32. The summed E-state index contributed by atoms with van der Waals surface area (Å²) in [5.41, 5.74) is 4.12. The van der Waals surface area contributed by atoms with Gasteiger partial charge in [-0.25, -0.2) is 0 Å². The van der Waals surface area contributed by atoms with Crippen molar-refractivity contribution in [3.05, 3.63) is 83.7 Å². The zero-order chi connectivity index (χ0) is 23.1. The first-order chi connectivity index (χ1) is 16.7. The third kappa shape index (κ3) is 3.79. The first kappa shape index (κ1) is 20.8. The minimum Gasteiger partial charge on any atom is -0.481 e. The van der Waals surface area contributed by atoms with E-state index in [1.807, 2.05) is 36.4 Å². The maximum Gasteiger partial charge on any atom is 0.309 e. The lowest BCUT2D eigenvalue weighted by molar-refractivity contribution is -0.147. The van der Waals surface area contributed by atoms with Gasteiger partial charge < -0.3 is 9.63 Å². The number of carboxylic acid groups (broad SMARTS) is 1. The summed E-state index contributed by atoms with van der Waals surface area (Å²) in [6.07, 6.45) is 0. The zero-order valence-electron chi connectivity index (χ0n) is 18.2. The number of aromatic nitrogens is 2. The average molecular weight is 468 g/mol. The van der Waals surface area contributed by atoms with Crippen LogP contribution in [0.1, 0.15) is 5.56 Å². The fraction of sp³-hybridized carbons (Fsp3) is 0.148. The van der Waals surface area contributed by atoms with Crippen molar-refractivity contribution in [3.63, 3.8) is 0 Å². The molecule has 6 nitrogen and oxygen atoms in total. The van der Waals surface area contributed by atoms with Crippen molar-refractivity contribution >= 4 is 28.1 Å². The van der Waals surface area contributed by atoms with E-state index >= 15 is 0 Å². The van der Waals surface area contributed by atoms with Crippen LogP contribution in [0.15, 0.2) is 82.7 Å². The van der Waals surface area contributed by atoms with Crippen LogP contribution in [0.25, 0.3) is 44.1 Å². The Morgan fingerprint density at radius 2 is 1.74 bits per heavy atom. The summed E-state index contributed by atoms with van der Waals surface area (Å²) in [4.78, 5) is 19.2. The molecule has 2 aromatic heterocycles. The number of thiophene rings is 1. The highest BCUT2D eigenvalue weighted by Crippen LogP contribution is 2.33. The monoisotopic (exact) mass is 467 g/mol. The van der Waals surface area contributed by atoms with Crippen LogP contribution in [0.4, 0.5) is 0 Å². The number of fused-ring (bicyclic) bond motifs is 1. The van der Waals surface area contributed by atoms with Gasteiger partial charge in [-0.2, -0.15) is 4.98 Å². The lowest BCUT2D eigenvalue weighted by Crippen LogP contribution is -2.49. The van der Waals surface area contributed by atoms with Crippen LogP contribution < -0.4 is 0 Å². The first-order valence-electron chi connectivity index (χ1n) is 11.1. The Morgan fingerprint density at radius 3 is 2.47 bits per heavy atom. The molecule has 6 rings (SSSR count). The molecule has 5 aromatic rings. The predicted molar refractivity (Wildman–Crippen MR) is 132 cm³/mol. The van der Waals surface area contributed by atoms with E-state index in [4.69, 9.17) is 9.63 Å². The van der Waals surface area contributed by atoms with Gasteiger partial charge in [-0.1, -0.05) is 59.8 Å². The summed E-state index contributed by atoms with van der Waals surface area (Å²) in [7, 11) is 0. The van der Waals surface area contributed by atoms with Crippen molar-refractivity contribution in [1.82, 2.24) is 15.0 Å². The number of aliphatic carboxylic acids is 1.